The summed E-state index contributed by atoms with van der Waals surface area (Å²) in [5, 5.41) is 15.6. The first-order valence-electron chi connectivity index (χ1n) is 11.2. The Balaban J connectivity index is 1.83. The second kappa shape index (κ2) is 9.43. The molecule has 0 spiro atoms. The molecule has 174 valence electrons. The van der Waals surface area contributed by atoms with Crippen LogP contribution in [-0.4, -0.2) is 29.6 Å². The Morgan fingerprint density at radius 2 is 2.06 bits per heavy atom. The number of benzene rings is 1. The summed E-state index contributed by atoms with van der Waals surface area (Å²) in [6.45, 7) is 7.67. The van der Waals surface area contributed by atoms with Gasteiger partial charge >= 0.3 is 5.97 Å². The van der Waals surface area contributed by atoms with Gasteiger partial charge in [0.1, 0.15) is 0 Å². The maximum Gasteiger partial charge on any atom is 0.337 e. The molecule has 1 aromatic carbocycles. The average molecular weight is 468 g/mol. The summed E-state index contributed by atoms with van der Waals surface area (Å²) in [5.74, 6) is -0.580. The molecule has 33 heavy (non-hydrogen) atoms. The van der Waals surface area contributed by atoms with Crippen LogP contribution in [0.25, 0.3) is 0 Å². The number of esters is 1. The largest absolute Gasteiger partial charge is 0.504 e. The van der Waals surface area contributed by atoms with Crippen molar-refractivity contribution in [1.29, 1.82) is 0 Å². The molecule has 0 radical (unpaired) electrons. The molecule has 0 saturated carbocycles. The number of thiophene rings is 1. The average Bonchev–Trinajstić information content (AvgIpc) is 3.29. The number of ether oxygens (including phenoxy) is 2. The first-order chi connectivity index (χ1) is 15.8. The van der Waals surface area contributed by atoms with Crippen LogP contribution in [0.15, 0.2) is 58.3 Å². The third-order valence-corrected chi connectivity index (χ3v) is 6.99. The fourth-order valence-corrected chi connectivity index (χ4v) is 5.46. The molecule has 7 heteroatoms. The molecule has 2 N–H and O–H groups in total. The summed E-state index contributed by atoms with van der Waals surface area (Å²) >= 11 is 1.66. The van der Waals surface area contributed by atoms with Gasteiger partial charge in [-0.15, -0.1) is 11.3 Å². The lowest BCUT2D eigenvalue weighted by atomic mass is 9.72. The van der Waals surface area contributed by atoms with Gasteiger partial charge < -0.3 is 19.9 Å². The third-order valence-electron chi connectivity index (χ3n) is 5.95. The van der Waals surface area contributed by atoms with Crippen molar-refractivity contribution < 1.29 is 24.2 Å². The van der Waals surface area contributed by atoms with Crippen LogP contribution < -0.4 is 10.1 Å². The molecule has 4 rings (SSSR count). The second-order valence-electron chi connectivity index (χ2n) is 8.65. The van der Waals surface area contributed by atoms with E-state index < -0.39 is 11.9 Å². The Bertz CT molecular complexity index is 1130. The van der Waals surface area contributed by atoms with E-state index in [9.17, 15) is 14.7 Å². The molecule has 0 bridgehead atoms. The maximum atomic E-state index is 13.5. The molecule has 0 unspecified atom stereocenters. The van der Waals surface area contributed by atoms with Gasteiger partial charge in [0.25, 0.3) is 0 Å². The Labute approximate surface area is 197 Å². The van der Waals surface area contributed by atoms with Crippen molar-refractivity contribution in [1.82, 2.24) is 5.32 Å². The van der Waals surface area contributed by atoms with Crippen LogP contribution in [0.3, 0.4) is 0 Å². The molecular weight excluding hydrogens is 438 g/mol. The number of aromatic hydroxyl groups is 1. The van der Waals surface area contributed by atoms with Crippen LogP contribution in [0.5, 0.6) is 11.5 Å². The minimum Gasteiger partial charge on any atom is -0.504 e. The Morgan fingerprint density at radius 1 is 1.27 bits per heavy atom. The van der Waals surface area contributed by atoms with Gasteiger partial charge in [0.2, 0.25) is 0 Å². The fourth-order valence-electron chi connectivity index (χ4n) is 4.63. The fraction of sp³-hybridized carbons (Fsp3) is 0.385. The number of nitrogens with one attached hydrogen (secondary N) is 1. The highest BCUT2D eigenvalue weighted by Crippen LogP contribution is 2.47. The van der Waals surface area contributed by atoms with Gasteiger partial charge in [-0.3, -0.25) is 4.79 Å². The number of hydrogen-bond donors (Lipinski definition) is 2. The minimum absolute atomic E-state index is 0.0144. The zero-order chi connectivity index (χ0) is 23.7. The molecule has 6 nitrogen and oxygen atoms in total. The van der Waals surface area contributed by atoms with Crippen molar-refractivity contribution in [2.45, 2.75) is 58.5 Å². The van der Waals surface area contributed by atoms with Crippen molar-refractivity contribution in [2.75, 3.05) is 6.61 Å². The van der Waals surface area contributed by atoms with E-state index in [-0.39, 0.29) is 23.6 Å². The number of rotatable bonds is 6. The van der Waals surface area contributed by atoms with Gasteiger partial charge in [-0.05, 0) is 63.3 Å². The standard InChI is InChI=1S/C26H29NO5S/c1-5-31-21-13-16(8-9-19(21)28)24-23(26(30)32-14(2)3)15(4)27-18-11-17(12-20(29)25(18)24)22-7-6-10-33-22/h6-10,13-14,17,24,27-28H,5,11-12H2,1-4H3/t17-,24+/m1/s1. The van der Waals surface area contributed by atoms with Crippen LogP contribution >= 0.6 is 11.3 Å². The normalized spacial score (nSPS) is 20.6. The Kier molecular flexibility index (Phi) is 6.61. The third kappa shape index (κ3) is 4.55. The predicted molar refractivity (Wildman–Crippen MR) is 127 cm³/mol. The number of ketones is 1. The molecule has 1 aliphatic heterocycles. The van der Waals surface area contributed by atoms with E-state index in [1.807, 2.05) is 25.3 Å². The van der Waals surface area contributed by atoms with Crippen molar-refractivity contribution in [3.05, 3.63) is 68.7 Å². The predicted octanol–water partition coefficient (Wildman–Crippen LogP) is 5.17. The Hall–Kier alpha value is -3.06. The Morgan fingerprint density at radius 3 is 2.73 bits per heavy atom. The van der Waals surface area contributed by atoms with Gasteiger partial charge in [-0.25, -0.2) is 4.79 Å². The van der Waals surface area contributed by atoms with Gasteiger partial charge in [0.15, 0.2) is 17.3 Å². The molecule has 1 aromatic heterocycles. The highest BCUT2D eigenvalue weighted by Gasteiger charge is 2.42. The molecule has 2 aliphatic rings. The summed E-state index contributed by atoms with van der Waals surface area (Å²) in [7, 11) is 0. The van der Waals surface area contributed by atoms with Crippen LogP contribution in [0.1, 0.15) is 62.8 Å². The molecule has 2 aromatic rings. The van der Waals surface area contributed by atoms with Crippen molar-refractivity contribution in [3.8, 4) is 11.5 Å². The number of phenols is 1. The maximum absolute atomic E-state index is 13.5. The van der Waals surface area contributed by atoms with E-state index in [1.54, 1.807) is 43.4 Å². The first kappa shape index (κ1) is 23.1. The summed E-state index contributed by atoms with van der Waals surface area (Å²) in [6.07, 6.45) is 0.788. The molecule has 1 aliphatic carbocycles. The smallest absolute Gasteiger partial charge is 0.337 e. The van der Waals surface area contributed by atoms with Gasteiger partial charge in [0, 0.05) is 40.1 Å². The molecule has 2 atom stereocenters. The van der Waals surface area contributed by atoms with Crippen LogP contribution in [0.2, 0.25) is 0 Å². The molecule has 0 saturated heterocycles. The summed E-state index contributed by atoms with van der Waals surface area (Å²) < 4.78 is 11.1. The quantitative estimate of drug-likeness (QED) is 0.571. The molecule has 0 fully saturated rings. The van der Waals surface area contributed by atoms with E-state index in [1.165, 1.54) is 4.88 Å². The minimum atomic E-state index is -0.593. The van der Waals surface area contributed by atoms with Crippen LogP contribution in [-0.2, 0) is 14.3 Å². The second-order valence-corrected chi connectivity index (χ2v) is 9.63. The number of carbonyl (C=O) groups excluding carboxylic acids is 2. The van der Waals surface area contributed by atoms with Crippen LogP contribution in [0, 0.1) is 0 Å². The SMILES string of the molecule is CCOc1cc([C@H]2C(C(=O)OC(C)C)=C(C)NC3=C2C(=O)C[C@H](c2cccs2)C3)ccc1O. The monoisotopic (exact) mass is 467 g/mol. The molecule has 0 amide bonds. The van der Waals surface area contributed by atoms with E-state index in [0.29, 0.717) is 47.6 Å². The van der Waals surface area contributed by atoms with E-state index in [2.05, 4.69) is 11.4 Å². The summed E-state index contributed by atoms with van der Waals surface area (Å²) in [4.78, 5) is 27.9. The summed E-state index contributed by atoms with van der Waals surface area (Å²) in [5.41, 5.74) is 3.24. The van der Waals surface area contributed by atoms with Crippen molar-refractivity contribution >= 4 is 23.1 Å². The van der Waals surface area contributed by atoms with Gasteiger partial charge in [-0.2, -0.15) is 0 Å². The van der Waals surface area contributed by atoms with E-state index in [4.69, 9.17) is 9.47 Å². The zero-order valence-electron chi connectivity index (χ0n) is 19.3. The highest BCUT2D eigenvalue weighted by molar-refractivity contribution is 7.10. The molecular formula is C26H29NO5S. The summed E-state index contributed by atoms with van der Waals surface area (Å²) in [6, 6.07) is 9.07. The van der Waals surface area contributed by atoms with Crippen molar-refractivity contribution in [2.24, 2.45) is 0 Å². The number of hydrogen-bond acceptors (Lipinski definition) is 7. The number of dihydropyridines is 1. The van der Waals surface area contributed by atoms with Gasteiger partial charge in [0.05, 0.1) is 18.3 Å². The van der Waals surface area contributed by atoms with E-state index >= 15 is 0 Å². The number of Topliss-reactive ketones (excluding diaryl/α,β-unsaturated/α-hetero) is 1. The van der Waals surface area contributed by atoms with Gasteiger partial charge in [-0.1, -0.05) is 12.1 Å². The number of allylic oxidation sites excluding steroid dienone is 3. The number of phenolic OH excluding ortho intramolecular Hbond substituents is 1. The zero-order valence-corrected chi connectivity index (χ0v) is 20.1. The lowest BCUT2D eigenvalue weighted by molar-refractivity contribution is -0.143. The topological polar surface area (TPSA) is 84.9 Å². The number of carbonyl (C=O) groups is 2. The van der Waals surface area contributed by atoms with E-state index in [0.717, 1.165) is 5.70 Å². The molecule has 2 heterocycles. The van der Waals surface area contributed by atoms with Crippen LogP contribution in [0.4, 0.5) is 0 Å². The van der Waals surface area contributed by atoms with Crippen molar-refractivity contribution in [3.63, 3.8) is 0 Å². The lowest BCUT2D eigenvalue weighted by Crippen LogP contribution is -2.36. The highest BCUT2D eigenvalue weighted by atomic mass is 32.1. The first-order valence-corrected chi connectivity index (χ1v) is 12.1. The lowest BCUT2D eigenvalue weighted by Gasteiger charge is -2.36.